The summed E-state index contributed by atoms with van der Waals surface area (Å²) in [7, 11) is 1.57. The van der Waals surface area contributed by atoms with Gasteiger partial charge in [-0.3, -0.25) is 9.59 Å². The average molecular weight is 463 g/mol. The predicted molar refractivity (Wildman–Crippen MR) is 102 cm³/mol. The molecule has 1 unspecified atom stereocenters. The van der Waals surface area contributed by atoms with Crippen LogP contribution in [0.4, 0.5) is 8.78 Å². The van der Waals surface area contributed by atoms with Crippen molar-refractivity contribution >= 4 is 46.0 Å². The van der Waals surface area contributed by atoms with Gasteiger partial charge in [-0.2, -0.15) is 0 Å². The molecular formula is C18H14Cl2F2N2O6. The Bertz CT molecular complexity index is 974. The number of alkyl halides is 2. The van der Waals surface area contributed by atoms with E-state index in [1.807, 2.05) is 0 Å². The van der Waals surface area contributed by atoms with E-state index in [1.165, 1.54) is 24.3 Å². The van der Waals surface area contributed by atoms with Crippen LogP contribution < -0.4 is 0 Å². The number of benzene rings is 1. The monoisotopic (exact) mass is 462 g/mol. The molecular weight excluding hydrogens is 449 g/mol. The quantitative estimate of drug-likeness (QED) is 0.173. The molecule has 0 radical (unpaired) electrons. The number of hydrogen-bond donors (Lipinski definition) is 2. The molecule has 1 aliphatic carbocycles. The van der Waals surface area contributed by atoms with E-state index >= 15 is 4.39 Å². The lowest BCUT2D eigenvalue weighted by molar-refractivity contribution is -0.171. The Morgan fingerprint density at radius 1 is 1.07 bits per heavy atom. The molecule has 0 fully saturated rings. The lowest BCUT2D eigenvalue weighted by Crippen LogP contribution is -2.59. The summed E-state index contributed by atoms with van der Waals surface area (Å²) in [4.78, 5) is 25.6. The summed E-state index contributed by atoms with van der Waals surface area (Å²) in [5.41, 5.74) is -5.51. The molecule has 0 heterocycles. The molecule has 0 aliphatic heterocycles. The van der Waals surface area contributed by atoms with Crippen LogP contribution in [0.25, 0.3) is 0 Å². The SMILES string of the molecule is COC(=O)C1(C(=O)OC)C(C(=NO)c2ccccc2)=C(C(Cl)=NO)C=C(F)C1(F)Cl. The van der Waals surface area contributed by atoms with Crippen molar-refractivity contribution in [2.45, 2.75) is 5.13 Å². The molecule has 2 rings (SSSR count). The van der Waals surface area contributed by atoms with Crippen LogP contribution in [0.1, 0.15) is 5.56 Å². The standard InChI is InChI=1S/C18H14Cl2F2N2O6/c1-29-15(25)17(16(26)30-2)12(13(23-27)9-6-4-3-5-7-9)10(14(19)24-28)8-11(21)18(17,20)22/h3-8,27-28H,1-2H3. The number of carbonyl (C=O) groups is 2. The number of esters is 2. The maximum atomic E-state index is 15.7. The fraction of sp³-hybridized carbons (Fsp3) is 0.222. The van der Waals surface area contributed by atoms with Crippen LogP contribution >= 0.6 is 23.2 Å². The highest BCUT2D eigenvalue weighted by atomic mass is 35.5. The van der Waals surface area contributed by atoms with Gasteiger partial charge in [0.05, 0.1) is 14.2 Å². The van der Waals surface area contributed by atoms with E-state index < -0.39 is 50.3 Å². The van der Waals surface area contributed by atoms with Crippen molar-refractivity contribution in [2.75, 3.05) is 14.2 Å². The summed E-state index contributed by atoms with van der Waals surface area (Å²) in [5, 5.41) is 19.8. The Morgan fingerprint density at radius 3 is 2.03 bits per heavy atom. The van der Waals surface area contributed by atoms with Crippen LogP contribution in [0.2, 0.25) is 0 Å². The van der Waals surface area contributed by atoms with E-state index in [0.29, 0.717) is 6.08 Å². The second-order valence-corrected chi connectivity index (χ2v) is 6.67. The number of rotatable bonds is 5. The summed E-state index contributed by atoms with van der Waals surface area (Å²) in [6, 6.07) is 7.30. The molecule has 0 amide bonds. The van der Waals surface area contributed by atoms with Gasteiger partial charge >= 0.3 is 11.9 Å². The second kappa shape index (κ2) is 8.80. The first-order chi connectivity index (χ1) is 14.1. The van der Waals surface area contributed by atoms with Crippen molar-refractivity contribution in [1.29, 1.82) is 0 Å². The first-order valence-electron chi connectivity index (χ1n) is 7.97. The van der Waals surface area contributed by atoms with Gasteiger partial charge in [0.15, 0.2) is 11.0 Å². The lowest BCUT2D eigenvalue weighted by Gasteiger charge is -2.40. The van der Waals surface area contributed by atoms with Crippen molar-refractivity contribution in [3.63, 3.8) is 0 Å². The topological polar surface area (TPSA) is 118 Å². The third-order valence-electron chi connectivity index (χ3n) is 4.36. The number of methoxy groups -OCH3 is 2. The van der Waals surface area contributed by atoms with Crippen molar-refractivity contribution < 1.29 is 38.3 Å². The molecule has 1 aliphatic rings. The highest BCUT2D eigenvalue weighted by Gasteiger charge is 2.72. The van der Waals surface area contributed by atoms with Crippen LogP contribution in [-0.4, -0.2) is 52.6 Å². The molecule has 0 aromatic heterocycles. The predicted octanol–water partition coefficient (Wildman–Crippen LogP) is 3.29. The molecule has 8 nitrogen and oxygen atoms in total. The van der Waals surface area contributed by atoms with E-state index in [2.05, 4.69) is 19.8 Å². The van der Waals surface area contributed by atoms with Gasteiger partial charge in [-0.1, -0.05) is 63.8 Å². The first-order valence-corrected chi connectivity index (χ1v) is 8.73. The van der Waals surface area contributed by atoms with E-state index in [1.54, 1.807) is 6.07 Å². The van der Waals surface area contributed by atoms with Crippen molar-refractivity contribution in [2.24, 2.45) is 15.7 Å². The minimum atomic E-state index is -3.89. The van der Waals surface area contributed by atoms with Gasteiger partial charge in [0.2, 0.25) is 5.41 Å². The zero-order valence-corrected chi connectivity index (χ0v) is 16.9. The molecule has 160 valence electrons. The highest BCUT2D eigenvalue weighted by Crippen LogP contribution is 2.56. The lowest BCUT2D eigenvalue weighted by atomic mass is 9.67. The van der Waals surface area contributed by atoms with Gasteiger partial charge in [0.25, 0.3) is 5.13 Å². The Labute approximate surface area is 178 Å². The Kier molecular flexibility index (Phi) is 6.84. The molecule has 2 N–H and O–H groups in total. The Balaban J connectivity index is 3.16. The molecule has 1 atom stereocenters. The number of hydrogen-bond acceptors (Lipinski definition) is 8. The molecule has 1 aromatic carbocycles. The van der Waals surface area contributed by atoms with E-state index in [9.17, 15) is 19.2 Å². The largest absolute Gasteiger partial charge is 0.468 e. The summed E-state index contributed by atoms with van der Waals surface area (Å²) in [5.74, 6) is -5.23. The van der Waals surface area contributed by atoms with Crippen LogP contribution in [0.3, 0.4) is 0 Å². The van der Waals surface area contributed by atoms with Crippen LogP contribution in [0, 0.1) is 5.41 Å². The van der Waals surface area contributed by atoms with Gasteiger partial charge < -0.3 is 19.9 Å². The smallest absolute Gasteiger partial charge is 0.333 e. The Morgan fingerprint density at radius 2 is 1.60 bits per heavy atom. The molecule has 0 saturated heterocycles. The van der Waals surface area contributed by atoms with E-state index in [-0.39, 0.29) is 5.56 Å². The van der Waals surface area contributed by atoms with Gasteiger partial charge in [-0.05, 0) is 6.08 Å². The number of nitrogens with zero attached hydrogens (tertiary/aromatic N) is 2. The second-order valence-electron chi connectivity index (χ2n) is 5.79. The summed E-state index contributed by atoms with van der Waals surface area (Å²) in [6.07, 6.45) is 0.392. The van der Waals surface area contributed by atoms with Crippen molar-refractivity contribution in [1.82, 2.24) is 0 Å². The summed E-state index contributed by atoms with van der Waals surface area (Å²) in [6.45, 7) is 0. The Hall–Kier alpha value is -2.98. The molecule has 30 heavy (non-hydrogen) atoms. The van der Waals surface area contributed by atoms with Gasteiger partial charge in [-0.25, -0.2) is 8.78 Å². The van der Waals surface area contributed by atoms with E-state index in [0.717, 1.165) is 14.2 Å². The van der Waals surface area contributed by atoms with Crippen molar-refractivity contribution in [3.8, 4) is 0 Å². The van der Waals surface area contributed by atoms with Crippen molar-refractivity contribution in [3.05, 3.63) is 58.9 Å². The van der Waals surface area contributed by atoms with Gasteiger partial charge in [-0.15, -0.1) is 0 Å². The van der Waals surface area contributed by atoms with Gasteiger partial charge in [0.1, 0.15) is 5.71 Å². The number of halogens is 4. The molecule has 0 saturated carbocycles. The first kappa shape index (κ1) is 23.3. The van der Waals surface area contributed by atoms with Gasteiger partial charge in [0, 0.05) is 16.7 Å². The number of carbonyl (C=O) groups excluding carboxylic acids is 2. The minimum Gasteiger partial charge on any atom is -0.468 e. The fourth-order valence-electron chi connectivity index (χ4n) is 3.05. The maximum Gasteiger partial charge on any atom is 0.333 e. The molecule has 0 spiro atoms. The normalized spacial score (nSPS) is 21.7. The van der Waals surface area contributed by atoms with Crippen LogP contribution in [-0.2, 0) is 19.1 Å². The zero-order chi connectivity index (χ0) is 22.7. The highest BCUT2D eigenvalue weighted by molar-refractivity contribution is 6.70. The van der Waals surface area contributed by atoms with Crippen LogP contribution in [0.15, 0.2) is 63.7 Å². The fourth-order valence-corrected chi connectivity index (χ4v) is 3.50. The minimum absolute atomic E-state index is 0.0373. The average Bonchev–Trinajstić information content (AvgIpc) is 2.75. The number of oxime groups is 2. The summed E-state index contributed by atoms with van der Waals surface area (Å²) >= 11 is 11.6. The number of allylic oxidation sites excluding steroid dienone is 3. The third kappa shape index (κ3) is 3.31. The zero-order valence-electron chi connectivity index (χ0n) is 15.4. The number of ether oxygens (including phenoxy) is 2. The third-order valence-corrected chi connectivity index (χ3v) is 5.11. The molecule has 0 bridgehead atoms. The summed E-state index contributed by atoms with van der Waals surface area (Å²) < 4.78 is 39.5. The van der Waals surface area contributed by atoms with E-state index in [4.69, 9.17) is 28.4 Å². The molecule has 12 heteroatoms. The maximum absolute atomic E-state index is 15.7. The van der Waals surface area contributed by atoms with Crippen LogP contribution in [0.5, 0.6) is 0 Å². The molecule has 1 aromatic rings.